The zero-order chi connectivity index (χ0) is 52.7. The van der Waals surface area contributed by atoms with Crippen LogP contribution in [0.15, 0.2) is 97.1 Å². The van der Waals surface area contributed by atoms with E-state index in [1.807, 2.05) is 78.9 Å². The van der Waals surface area contributed by atoms with Crippen LogP contribution in [0.4, 0.5) is 17.6 Å². The second-order valence-corrected chi connectivity index (χ2v) is 17.4. The Labute approximate surface area is 504 Å². The molecular formula is C57H62F4Ir4N12-4. The maximum atomic E-state index is 12.8. The van der Waals surface area contributed by atoms with E-state index < -0.39 is 11.7 Å². The fourth-order valence-corrected chi connectivity index (χ4v) is 7.88. The van der Waals surface area contributed by atoms with Crippen LogP contribution in [-0.2, 0) is 133 Å². The first-order valence-electron chi connectivity index (χ1n) is 24.5. The number of alkyl halides is 3. The summed E-state index contributed by atoms with van der Waals surface area (Å²) in [4.78, 5) is 18.0. The molecule has 12 nitrogen and oxygen atoms in total. The largest absolute Gasteiger partial charge is 0.381 e. The maximum Gasteiger partial charge on any atom is 0.381 e. The average Bonchev–Trinajstić information content (AvgIpc) is 4.15. The molecular weight excluding hydrogens is 1700 g/mol. The molecule has 0 saturated carbocycles. The van der Waals surface area contributed by atoms with Gasteiger partial charge in [-0.2, -0.15) is 33.6 Å². The summed E-state index contributed by atoms with van der Waals surface area (Å²) in [6.07, 6.45) is 3.11. The van der Waals surface area contributed by atoms with E-state index in [2.05, 4.69) is 108 Å². The molecule has 0 spiro atoms. The van der Waals surface area contributed by atoms with E-state index in [1.54, 1.807) is 22.5 Å². The van der Waals surface area contributed by atoms with Gasteiger partial charge >= 0.3 is 6.18 Å². The molecule has 0 saturated heterocycles. The summed E-state index contributed by atoms with van der Waals surface area (Å²) in [5.74, 6) is 6.01. The van der Waals surface area contributed by atoms with Crippen molar-refractivity contribution >= 4 is 0 Å². The summed E-state index contributed by atoms with van der Waals surface area (Å²) < 4.78 is 57.2. The molecule has 0 N–H and O–H groups in total. The van der Waals surface area contributed by atoms with E-state index >= 15 is 0 Å². The van der Waals surface area contributed by atoms with Gasteiger partial charge in [0.1, 0.15) is 23.3 Å². The minimum absolute atomic E-state index is 0. The second-order valence-electron chi connectivity index (χ2n) is 17.4. The molecule has 5 aromatic carbocycles. The van der Waals surface area contributed by atoms with Gasteiger partial charge in [-0.05, 0) is 63.1 Å². The van der Waals surface area contributed by atoms with E-state index in [0.717, 1.165) is 121 Å². The van der Waals surface area contributed by atoms with E-state index in [-0.39, 0.29) is 86.2 Å². The van der Waals surface area contributed by atoms with E-state index in [0.29, 0.717) is 17.2 Å². The van der Waals surface area contributed by atoms with Crippen molar-refractivity contribution in [3.05, 3.63) is 173 Å². The average molecular weight is 1760 g/mol. The molecule has 4 aromatic heterocycles. The van der Waals surface area contributed by atoms with Crippen molar-refractivity contribution in [2.45, 2.75) is 106 Å². The molecule has 0 atom stereocenters. The van der Waals surface area contributed by atoms with Crippen LogP contribution in [0.3, 0.4) is 0 Å². The van der Waals surface area contributed by atoms with Gasteiger partial charge in [-0.25, -0.2) is 0 Å². The first-order chi connectivity index (χ1) is 35.0. The second kappa shape index (κ2) is 32.8. The minimum Gasteiger partial charge on any atom is -0.289 e. The molecule has 418 valence electrons. The number of rotatable bonds is 13. The van der Waals surface area contributed by atoms with E-state index in [4.69, 9.17) is 10.1 Å². The quantitative estimate of drug-likeness (QED) is 0.0826. The Bertz CT molecular complexity index is 3110. The minimum atomic E-state index is -4.34. The van der Waals surface area contributed by atoms with Gasteiger partial charge in [-0.1, -0.05) is 45.4 Å². The van der Waals surface area contributed by atoms with Crippen LogP contribution in [0.1, 0.15) is 98.9 Å². The number of aromatic nitrogens is 12. The molecule has 0 aliphatic carbocycles. The predicted molar refractivity (Wildman–Crippen MR) is 277 cm³/mol. The van der Waals surface area contributed by atoms with Crippen LogP contribution >= 0.6 is 0 Å². The molecule has 4 heterocycles. The zero-order valence-electron chi connectivity index (χ0n) is 44.6. The summed E-state index contributed by atoms with van der Waals surface area (Å²) >= 11 is 0. The Morgan fingerprint density at radius 1 is 0.468 bits per heavy atom. The monoisotopic (exact) mass is 1760 g/mol. The number of hydrogen-bond donors (Lipinski definition) is 0. The van der Waals surface area contributed by atoms with Crippen molar-refractivity contribution in [2.24, 2.45) is 21.1 Å². The zero-order valence-corrected chi connectivity index (χ0v) is 54.2. The van der Waals surface area contributed by atoms with Crippen LogP contribution in [0, 0.1) is 50.9 Å². The number of halogens is 4. The predicted octanol–water partition coefficient (Wildman–Crippen LogP) is 12.5. The standard InChI is InChI=1S/C20H22N3.C13H13F3N3.C12H13FN3.C12H14N3.4Ir/c1-5-9-18-21-20(17-10-7-6-8-11-17)23(22-18)19-15(3)12-14(2)13-16(19)4;1-3-4-11-17-12(19(2)18-11)9-5-7-10(8-6-9)13(14,15)16;1-3-4-11-14-12(16(2)15-11)9-5-7-10(13)8-6-9;1-3-7-11-13-12(15(2)14-11)10-8-5-4-6-9-10;;;;/h6-8,10,12-13H,5,9H2,1-4H3;5,7-8H,3-4H2,1-2H3;5,7-8H,3-4H2,1-2H3;4-6,8H,3,7H2,1-2H3;;;;/q4*-1;;;;. The fourth-order valence-electron chi connectivity index (χ4n) is 7.88. The van der Waals surface area contributed by atoms with Crippen molar-refractivity contribution in [3.8, 4) is 51.2 Å². The maximum absolute atomic E-state index is 12.8. The molecule has 0 aliphatic rings. The molecule has 9 aromatic rings. The molecule has 20 heteroatoms. The number of hydrogen-bond acceptors (Lipinski definition) is 8. The molecule has 4 radical (unpaired) electrons. The Balaban J connectivity index is 0.000000350. The van der Waals surface area contributed by atoms with E-state index in [1.165, 1.54) is 34.9 Å². The van der Waals surface area contributed by atoms with Gasteiger partial charge in [-0.15, -0.1) is 131 Å². The molecule has 0 amide bonds. The number of nitrogens with zero attached hydrogens (tertiary/aromatic N) is 12. The van der Waals surface area contributed by atoms with Gasteiger partial charge in [0, 0.05) is 133 Å². The Kier molecular flexibility index (Phi) is 29.0. The van der Waals surface area contributed by atoms with Crippen molar-refractivity contribution < 1.29 is 98.0 Å². The fraction of sp³-hybridized carbons (Fsp3) is 0.333. The smallest absolute Gasteiger partial charge is 0.289 e. The Morgan fingerprint density at radius 2 is 0.844 bits per heavy atom. The van der Waals surface area contributed by atoms with Crippen LogP contribution in [0.5, 0.6) is 0 Å². The van der Waals surface area contributed by atoms with Gasteiger partial charge < -0.3 is 0 Å². The molecule has 0 fully saturated rings. The van der Waals surface area contributed by atoms with Crippen LogP contribution in [0.25, 0.3) is 51.2 Å². The van der Waals surface area contributed by atoms with Crippen LogP contribution < -0.4 is 0 Å². The van der Waals surface area contributed by atoms with Gasteiger partial charge in [-0.3, -0.25) is 43.1 Å². The molecule has 0 unspecified atom stereocenters. The molecule has 77 heavy (non-hydrogen) atoms. The Hall–Kier alpha value is -5.02. The van der Waals surface area contributed by atoms with Gasteiger partial charge in [0.05, 0.1) is 29.0 Å². The third-order valence-corrected chi connectivity index (χ3v) is 11.1. The molecule has 0 aliphatic heterocycles. The van der Waals surface area contributed by atoms with Crippen molar-refractivity contribution in [3.63, 3.8) is 0 Å². The summed E-state index contributed by atoms with van der Waals surface area (Å²) in [6, 6.07) is 39.8. The third kappa shape index (κ3) is 19.1. The summed E-state index contributed by atoms with van der Waals surface area (Å²) in [6.45, 7) is 14.8. The van der Waals surface area contributed by atoms with Gasteiger partial charge in [0.2, 0.25) is 0 Å². The molecule has 9 rings (SSSR count). The first-order valence-corrected chi connectivity index (χ1v) is 24.5. The summed E-state index contributed by atoms with van der Waals surface area (Å²) in [5.41, 5.74) is 7.34. The number of aryl methyl sites for hydroxylation is 10. The van der Waals surface area contributed by atoms with Crippen molar-refractivity contribution in [2.75, 3.05) is 0 Å². The topological polar surface area (TPSA) is 123 Å². The summed E-state index contributed by atoms with van der Waals surface area (Å²) in [5, 5.41) is 17.6. The van der Waals surface area contributed by atoms with Gasteiger partial charge in [0.25, 0.3) is 0 Å². The van der Waals surface area contributed by atoms with E-state index in [9.17, 15) is 17.6 Å². The SMILES string of the molecule is CCCc1nc(-c2[c-]cc(C(F)(F)F)cc2)n(C)n1.CCCc1nc(-c2[c-]cc(F)cc2)n(C)n1.CCCc1nc(-c2[c-]cccc2)n(-c2c(C)cc(C)cc2C)n1.CCCc1nc(-c2[c-]cccc2)n(C)n1.[Ir].[Ir].[Ir].[Ir]. The van der Waals surface area contributed by atoms with Crippen LogP contribution in [-0.4, -0.2) is 59.1 Å². The summed E-state index contributed by atoms with van der Waals surface area (Å²) in [7, 11) is 5.47. The van der Waals surface area contributed by atoms with Gasteiger partial charge in [0.15, 0.2) is 0 Å². The molecule has 0 bridgehead atoms. The van der Waals surface area contributed by atoms with Crippen LogP contribution in [0.2, 0.25) is 0 Å². The van der Waals surface area contributed by atoms with Crippen molar-refractivity contribution in [1.82, 2.24) is 59.1 Å². The van der Waals surface area contributed by atoms with Crippen molar-refractivity contribution in [1.29, 1.82) is 0 Å². The third-order valence-electron chi connectivity index (χ3n) is 11.1. The Morgan fingerprint density at radius 3 is 1.19 bits per heavy atom. The number of benzene rings is 5. The normalized spacial score (nSPS) is 10.5. The first kappa shape index (κ1) is 68.1.